The number of aryl methyl sites for hydroxylation is 1. The van der Waals surface area contributed by atoms with Gasteiger partial charge in [0.25, 0.3) is 0 Å². The van der Waals surface area contributed by atoms with E-state index in [1.165, 1.54) is 0 Å². The van der Waals surface area contributed by atoms with E-state index in [2.05, 4.69) is 23.3 Å². The fraction of sp³-hybridized carbons (Fsp3) is 0.463. The van der Waals surface area contributed by atoms with Gasteiger partial charge in [0.05, 0.1) is 39.4 Å². The third-order valence-electron chi connectivity index (χ3n) is 10.8. The highest BCUT2D eigenvalue weighted by molar-refractivity contribution is 6.43. The second kappa shape index (κ2) is 13.4. The molecule has 8 nitrogen and oxygen atoms in total. The molecule has 52 heavy (non-hydrogen) atoms. The Morgan fingerprint density at radius 1 is 1.15 bits per heavy atom. The van der Waals surface area contributed by atoms with Crippen LogP contribution in [-0.4, -0.2) is 56.6 Å². The first-order valence-corrected chi connectivity index (χ1v) is 18.8. The number of allylic oxidation sites excluding steroid dienone is 1. The van der Waals surface area contributed by atoms with Crippen molar-refractivity contribution in [1.82, 2.24) is 19.4 Å². The van der Waals surface area contributed by atoms with Crippen molar-refractivity contribution in [3.63, 3.8) is 0 Å². The van der Waals surface area contributed by atoms with Gasteiger partial charge in [-0.2, -0.15) is 5.26 Å². The molecule has 1 saturated carbocycles. The van der Waals surface area contributed by atoms with Gasteiger partial charge >= 0.3 is 6.09 Å². The number of carbonyl (C=O) groups excluding carboxylic acids is 2. The van der Waals surface area contributed by atoms with Crippen LogP contribution >= 0.6 is 23.2 Å². The molecule has 2 aromatic heterocycles. The molecule has 0 bridgehead atoms. The quantitative estimate of drug-likeness (QED) is 0.188. The van der Waals surface area contributed by atoms with Crippen LogP contribution in [0.3, 0.4) is 0 Å². The molecule has 0 radical (unpaired) electrons. The number of nitrogens with zero attached hydrogens (tertiary/aromatic N) is 5. The van der Waals surface area contributed by atoms with Crippen molar-refractivity contribution in [3.8, 4) is 17.2 Å². The zero-order chi connectivity index (χ0) is 37.3. The molecule has 2 saturated heterocycles. The Labute approximate surface area is 314 Å². The molecular formula is C41H44Cl2FN5O3. The summed E-state index contributed by atoms with van der Waals surface area (Å²) >= 11 is 13.1. The highest BCUT2D eigenvalue weighted by Gasteiger charge is 2.50. The molecule has 0 spiro atoms. The molecular weight excluding hydrogens is 700 g/mol. The Kier molecular flexibility index (Phi) is 9.32. The summed E-state index contributed by atoms with van der Waals surface area (Å²) in [6.45, 7) is 15.3. The number of pyridine rings is 1. The third kappa shape index (κ3) is 6.32. The van der Waals surface area contributed by atoms with Crippen LogP contribution in [0.25, 0.3) is 38.5 Å². The van der Waals surface area contributed by atoms with Crippen LogP contribution in [-0.2, 0) is 16.0 Å². The van der Waals surface area contributed by atoms with Crippen LogP contribution in [0, 0.1) is 22.6 Å². The summed E-state index contributed by atoms with van der Waals surface area (Å²) in [6, 6.07) is 11.0. The van der Waals surface area contributed by atoms with E-state index in [9.17, 15) is 14.9 Å². The van der Waals surface area contributed by atoms with E-state index in [0.717, 1.165) is 42.3 Å². The number of carbonyl (C=O) groups is 2. The van der Waals surface area contributed by atoms with E-state index >= 15 is 4.39 Å². The number of amides is 2. The van der Waals surface area contributed by atoms with Crippen LogP contribution in [0.5, 0.6) is 0 Å². The Balaban J connectivity index is 1.51. The third-order valence-corrected chi connectivity index (χ3v) is 11.6. The topological polar surface area (TPSA) is 91.5 Å². The maximum absolute atomic E-state index is 17.4. The van der Waals surface area contributed by atoms with E-state index in [1.54, 1.807) is 23.1 Å². The van der Waals surface area contributed by atoms with Gasteiger partial charge in [-0.25, -0.2) is 14.2 Å². The van der Waals surface area contributed by atoms with Crippen molar-refractivity contribution in [3.05, 3.63) is 69.7 Å². The largest absolute Gasteiger partial charge is 0.444 e. The lowest BCUT2D eigenvalue weighted by Gasteiger charge is -2.30. The standard InChI is InChI=1S/C41H44Cl2FN5O3/c1-23(2)35-28-21-31(30-13-9-18-48(30)38(50)41(6)15-16-41)49(25-14-19-47(22-25)39(51)52-40(3,4)5)37(28)27-20-24(10-8-17-45)32(34(44)36(27)46-35)26-11-7-12-29(42)33(26)43/h7,11-12,20-21,25,30H,1,8-10,13-16,18-19,22H2,2-6H3. The van der Waals surface area contributed by atoms with Gasteiger partial charge in [-0.15, -0.1) is 0 Å². The van der Waals surface area contributed by atoms with E-state index in [-0.39, 0.29) is 58.4 Å². The number of rotatable bonds is 7. The lowest BCUT2D eigenvalue weighted by Crippen LogP contribution is -2.37. The normalized spacial score (nSPS) is 19.8. The number of ether oxygens (including phenoxy) is 1. The summed E-state index contributed by atoms with van der Waals surface area (Å²) in [5.41, 5.74) is 3.39. The maximum Gasteiger partial charge on any atom is 0.410 e. The molecule has 4 aromatic rings. The SMILES string of the molecule is C=C(C)c1nc2c(F)c(-c3cccc(Cl)c3Cl)c(CCC#N)cc2c2c1cc(C1CCCN1C(=O)C1(C)CC1)n2C1CCN(C(=O)OC(C)(C)C)C1. The van der Waals surface area contributed by atoms with Crippen molar-refractivity contribution in [2.45, 2.75) is 97.2 Å². The predicted octanol–water partition coefficient (Wildman–Crippen LogP) is 10.4. The van der Waals surface area contributed by atoms with E-state index in [0.29, 0.717) is 58.9 Å². The number of fused-ring (bicyclic) bond motifs is 3. The number of nitriles is 1. The lowest BCUT2D eigenvalue weighted by molar-refractivity contribution is -0.137. The summed E-state index contributed by atoms with van der Waals surface area (Å²) in [7, 11) is 0. The minimum absolute atomic E-state index is 0.148. The van der Waals surface area contributed by atoms with E-state index in [1.807, 2.05) is 45.6 Å². The maximum atomic E-state index is 17.4. The molecule has 2 atom stereocenters. The van der Waals surface area contributed by atoms with Crippen molar-refractivity contribution in [2.75, 3.05) is 19.6 Å². The van der Waals surface area contributed by atoms with Crippen molar-refractivity contribution in [2.24, 2.45) is 5.41 Å². The number of halogens is 3. The summed E-state index contributed by atoms with van der Waals surface area (Å²) < 4.78 is 25.4. The highest BCUT2D eigenvalue weighted by Crippen LogP contribution is 2.51. The van der Waals surface area contributed by atoms with Gasteiger partial charge in [0.2, 0.25) is 5.91 Å². The molecule has 2 amide bonds. The van der Waals surface area contributed by atoms with Gasteiger partial charge in [-0.05, 0) is 95.6 Å². The molecule has 3 aliphatic rings. The summed E-state index contributed by atoms with van der Waals surface area (Å²) in [5.74, 6) is -0.390. The van der Waals surface area contributed by atoms with Gasteiger partial charge < -0.3 is 19.1 Å². The molecule has 2 aliphatic heterocycles. The number of likely N-dealkylation sites (tertiary alicyclic amines) is 2. The fourth-order valence-electron chi connectivity index (χ4n) is 8.02. The minimum atomic E-state index is -0.649. The molecule has 3 fully saturated rings. The Hall–Kier alpha value is -4.13. The first-order chi connectivity index (χ1) is 24.6. The number of hydrogen-bond acceptors (Lipinski definition) is 5. The molecule has 7 rings (SSSR count). The van der Waals surface area contributed by atoms with Crippen LogP contribution in [0.2, 0.25) is 10.0 Å². The summed E-state index contributed by atoms with van der Waals surface area (Å²) in [4.78, 5) is 36.0. The van der Waals surface area contributed by atoms with Gasteiger partial charge in [-0.1, -0.05) is 48.8 Å². The smallest absolute Gasteiger partial charge is 0.410 e. The van der Waals surface area contributed by atoms with Gasteiger partial charge in [-0.3, -0.25) is 4.79 Å². The van der Waals surface area contributed by atoms with Crippen LogP contribution in [0.1, 0.15) is 102 Å². The molecule has 272 valence electrons. The van der Waals surface area contributed by atoms with Gasteiger partial charge in [0.1, 0.15) is 11.1 Å². The average Bonchev–Trinajstić information content (AvgIpc) is 3.46. The molecule has 2 aromatic carbocycles. The van der Waals surface area contributed by atoms with E-state index < -0.39 is 11.4 Å². The first-order valence-electron chi connectivity index (χ1n) is 18.1. The number of hydrogen-bond donors (Lipinski definition) is 0. The zero-order valence-electron chi connectivity index (χ0n) is 30.4. The lowest BCUT2D eigenvalue weighted by atomic mass is 9.92. The van der Waals surface area contributed by atoms with Crippen LogP contribution in [0.15, 0.2) is 36.9 Å². The minimum Gasteiger partial charge on any atom is -0.444 e. The molecule has 0 N–H and O–H groups in total. The number of benzene rings is 2. The van der Waals surface area contributed by atoms with Crippen LogP contribution < -0.4 is 0 Å². The number of aromatic nitrogens is 2. The molecule has 4 heterocycles. The molecule has 1 aliphatic carbocycles. The van der Waals surface area contributed by atoms with Gasteiger partial charge in [0.15, 0.2) is 5.82 Å². The summed E-state index contributed by atoms with van der Waals surface area (Å²) in [6.07, 6.45) is 4.11. The highest BCUT2D eigenvalue weighted by atomic mass is 35.5. The van der Waals surface area contributed by atoms with E-state index in [4.69, 9.17) is 32.9 Å². The second-order valence-corrected chi connectivity index (χ2v) is 16.7. The van der Waals surface area contributed by atoms with Crippen molar-refractivity contribution < 1.29 is 18.7 Å². The molecule has 2 unspecified atom stereocenters. The van der Waals surface area contributed by atoms with Gasteiger partial charge in [0, 0.05) is 59.1 Å². The van der Waals surface area contributed by atoms with Crippen LogP contribution in [0.4, 0.5) is 9.18 Å². The van der Waals surface area contributed by atoms with Crippen molar-refractivity contribution in [1.29, 1.82) is 5.26 Å². The monoisotopic (exact) mass is 743 g/mol. The second-order valence-electron chi connectivity index (χ2n) is 15.9. The average molecular weight is 745 g/mol. The fourth-order valence-corrected chi connectivity index (χ4v) is 8.41. The Morgan fingerprint density at radius 3 is 2.58 bits per heavy atom. The Morgan fingerprint density at radius 2 is 1.90 bits per heavy atom. The Bertz CT molecular complexity index is 2190. The first kappa shape index (κ1) is 36.2. The predicted molar refractivity (Wildman–Crippen MR) is 204 cm³/mol. The molecule has 11 heteroatoms. The van der Waals surface area contributed by atoms with Crippen molar-refractivity contribution >= 4 is 62.6 Å². The zero-order valence-corrected chi connectivity index (χ0v) is 31.9. The summed E-state index contributed by atoms with van der Waals surface area (Å²) in [5, 5.41) is 11.5.